The molecule has 3 aromatic rings. The highest BCUT2D eigenvalue weighted by atomic mass is 32.2. The quantitative estimate of drug-likeness (QED) is 0.463. The van der Waals surface area contributed by atoms with E-state index in [2.05, 4.69) is 72.2 Å². The Balaban J connectivity index is 1.63. The molecule has 1 heterocycles. The second-order valence-corrected chi connectivity index (χ2v) is 8.96. The summed E-state index contributed by atoms with van der Waals surface area (Å²) in [5.74, 6) is 0.864. The van der Waals surface area contributed by atoms with Crippen LogP contribution < -0.4 is 4.90 Å². The van der Waals surface area contributed by atoms with Crippen molar-refractivity contribution >= 4 is 23.4 Å². The summed E-state index contributed by atoms with van der Waals surface area (Å²) in [6, 6.07) is 29.1. The fraction of sp³-hybridized carbons (Fsp3) is 0.296. The first kappa shape index (κ1) is 21.5. The highest BCUT2D eigenvalue weighted by Crippen LogP contribution is 2.41. The maximum Gasteiger partial charge on any atom is 0.235 e. The van der Waals surface area contributed by atoms with E-state index in [-0.39, 0.29) is 17.2 Å². The Labute approximate surface area is 190 Å². The van der Waals surface area contributed by atoms with Gasteiger partial charge in [-0.05, 0) is 42.7 Å². The van der Waals surface area contributed by atoms with Crippen molar-refractivity contribution in [3.63, 3.8) is 0 Å². The topological polar surface area (TPSA) is 23.6 Å². The van der Waals surface area contributed by atoms with Crippen molar-refractivity contribution in [3.05, 3.63) is 102 Å². The van der Waals surface area contributed by atoms with E-state index in [9.17, 15) is 4.79 Å². The van der Waals surface area contributed by atoms with Gasteiger partial charge in [-0.3, -0.25) is 4.79 Å². The lowest BCUT2D eigenvalue weighted by Gasteiger charge is -2.29. The van der Waals surface area contributed by atoms with E-state index in [1.807, 2.05) is 48.2 Å². The standard InChI is InChI=1S/C27H30N2OS/c1-3-28(4-2)24-17-15-23(16-18-24)27-29(19-20-31-27)26(30)25(21-11-7-5-8-12-21)22-13-9-6-10-14-22/h5-18,25,27H,3-4,19-20H2,1-2H3. The molecule has 1 saturated heterocycles. The number of nitrogens with zero attached hydrogens (tertiary/aromatic N) is 2. The van der Waals surface area contributed by atoms with E-state index < -0.39 is 0 Å². The fourth-order valence-corrected chi connectivity index (χ4v) is 5.61. The highest BCUT2D eigenvalue weighted by Gasteiger charge is 2.35. The monoisotopic (exact) mass is 430 g/mol. The Morgan fingerprint density at radius 1 is 0.903 bits per heavy atom. The molecular weight excluding hydrogens is 400 g/mol. The van der Waals surface area contributed by atoms with Crippen molar-refractivity contribution in [2.45, 2.75) is 25.1 Å². The van der Waals surface area contributed by atoms with Crippen LogP contribution in [-0.4, -0.2) is 36.2 Å². The summed E-state index contributed by atoms with van der Waals surface area (Å²) in [6.45, 7) is 7.13. The molecule has 0 saturated carbocycles. The van der Waals surface area contributed by atoms with Crippen molar-refractivity contribution in [2.24, 2.45) is 0 Å². The van der Waals surface area contributed by atoms with Crippen LogP contribution in [0.2, 0.25) is 0 Å². The van der Waals surface area contributed by atoms with Crippen molar-refractivity contribution in [1.29, 1.82) is 0 Å². The van der Waals surface area contributed by atoms with Crippen LogP contribution in [0.4, 0.5) is 5.69 Å². The molecule has 160 valence electrons. The third-order valence-corrected chi connectivity index (χ3v) is 7.25. The van der Waals surface area contributed by atoms with Crippen LogP contribution in [0.25, 0.3) is 0 Å². The summed E-state index contributed by atoms with van der Waals surface area (Å²) >= 11 is 1.86. The molecule has 3 aromatic carbocycles. The van der Waals surface area contributed by atoms with E-state index in [0.717, 1.165) is 36.5 Å². The Morgan fingerprint density at radius 2 is 1.45 bits per heavy atom. The molecule has 0 N–H and O–H groups in total. The molecule has 0 aliphatic carbocycles. The average Bonchev–Trinajstić information content (AvgIpc) is 3.32. The number of benzene rings is 3. The number of anilines is 1. The minimum Gasteiger partial charge on any atom is -0.372 e. The third kappa shape index (κ3) is 4.64. The van der Waals surface area contributed by atoms with Gasteiger partial charge in [-0.25, -0.2) is 0 Å². The van der Waals surface area contributed by atoms with E-state index in [0.29, 0.717) is 0 Å². The maximum atomic E-state index is 13.9. The molecule has 4 rings (SSSR count). The lowest BCUT2D eigenvalue weighted by Crippen LogP contribution is -2.35. The molecule has 31 heavy (non-hydrogen) atoms. The molecule has 0 bridgehead atoms. The smallest absolute Gasteiger partial charge is 0.235 e. The van der Waals surface area contributed by atoms with Crippen molar-refractivity contribution < 1.29 is 4.79 Å². The van der Waals surface area contributed by atoms with Crippen LogP contribution in [0.3, 0.4) is 0 Å². The first-order chi connectivity index (χ1) is 15.2. The first-order valence-electron chi connectivity index (χ1n) is 11.1. The van der Waals surface area contributed by atoms with E-state index in [1.165, 1.54) is 11.3 Å². The lowest BCUT2D eigenvalue weighted by atomic mass is 9.90. The zero-order valence-corrected chi connectivity index (χ0v) is 19.1. The molecule has 1 aliphatic heterocycles. The van der Waals surface area contributed by atoms with Crippen molar-refractivity contribution in [3.8, 4) is 0 Å². The second kappa shape index (κ2) is 10.1. The Bertz CT molecular complexity index is 932. The lowest BCUT2D eigenvalue weighted by molar-refractivity contribution is -0.132. The van der Waals surface area contributed by atoms with E-state index >= 15 is 0 Å². The summed E-state index contributed by atoms with van der Waals surface area (Å²) in [4.78, 5) is 18.3. The number of hydrogen-bond donors (Lipinski definition) is 0. The zero-order valence-electron chi connectivity index (χ0n) is 18.3. The van der Waals surface area contributed by atoms with Gasteiger partial charge >= 0.3 is 0 Å². The van der Waals surface area contributed by atoms with Crippen LogP contribution in [-0.2, 0) is 4.79 Å². The number of thioether (sulfide) groups is 1. The van der Waals surface area contributed by atoms with Crippen LogP contribution in [0, 0.1) is 0 Å². The van der Waals surface area contributed by atoms with Gasteiger partial charge in [0.25, 0.3) is 0 Å². The maximum absolute atomic E-state index is 13.9. The van der Waals surface area contributed by atoms with E-state index in [1.54, 1.807) is 0 Å². The van der Waals surface area contributed by atoms with Gasteiger partial charge in [0.15, 0.2) is 0 Å². The van der Waals surface area contributed by atoms with Gasteiger partial charge < -0.3 is 9.80 Å². The zero-order chi connectivity index (χ0) is 21.6. The largest absolute Gasteiger partial charge is 0.372 e. The Kier molecular flexibility index (Phi) is 6.98. The number of carbonyl (C=O) groups excluding carboxylic acids is 1. The minimum absolute atomic E-state index is 0.0631. The number of amides is 1. The molecule has 4 heteroatoms. The molecule has 1 atom stereocenters. The summed E-state index contributed by atoms with van der Waals surface area (Å²) in [5, 5.41) is 0.0631. The molecular formula is C27H30N2OS. The summed E-state index contributed by atoms with van der Waals surface area (Å²) in [5.41, 5.74) is 4.53. The van der Waals surface area contributed by atoms with E-state index in [4.69, 9.17) is 0 Å². The first-order valence-corrected chi connectivity index (χ1v) is 12.1. The minimum atomic E-state index is -0.279. The van der Waals surface area contributed by atoms with Gasteiger partial charge in [0.1, 0.15) is 5.37 Å². The predicted octanol–water partition coefficient (Wildman–Crippen LogP) is 5.94. The third-order valence-electron chi connectivity index (χ3n) is 5.99. The number of carbonyl (C=O) groups is 1. The summed E-state index contributed by atoms with van der Waals surface area (Å²) in [6.07, 6.45) is 0. The number of rotatable bonds is 7. The SMILES string of the molecule is CCN(CC)c1ccc(C2SCCN2C(=O)C(c2ccccc2)c2ccccc2)cc1. The highest BCUT2D eigenvalue weighted by molar-refractivity contribution is 7.99. The molecule has 1 fully saturated rings. The Hall–Kier alpha value is -2.72. The van der Waals surface area contributed by atoms with Gasteiger partial charge in [0.05, 0.1) is 5.92 Å². The molecule has 1 aliphatic rings. The molecule has 0 radical (unpaired) electrons. The molecule has 1 unspecified atom stereocenters. The molecule has 0 spiro atoms. The van der Waals surface area contributed by atoms with Crippen LogP contribution in [0.5, 0.6) is 0 Å². The van der Waals surface area contributed by atoms with Gasteiger partial charge in [0.2, 0.25) is 5.91 Å². The molecule has 0 aromatic heterocycles. The Morgan fingerprint density at radius 3 is 1.97 bits per heavy atom. The van der Waals surface area contributed by atoms with Crippen LogP contribution in [0.1, 0.15) is 41.8 Å². The predicted molar refractivity (Wildman–Crippen MR) is 132 cm³/mol. The summed E-state index contributed by atoms with van der Waals surface area (Å²) in [7, 11) is 0. The van der Waals surface area contributed by atoms with Gasteiger partial charge in [0, 0.05) is 31.1 Å². The van der Waals surface area contributed by atoms with Crippen LogP contribution >= 0.6 is 11.8 Å². The molecule has 3 nitrogen and oxygen atoms in total. The number of hydrogen-bond acceptors (Lipinski definition) is 3. The second-order valence-electron chi connectivity index (χ2n) is 7.77. The van der Waals surface area contributed by atoms with Crippen molar-refractivity contribution in [2.75, 3.05) is 30.3 Å². The summed E-state index contributed by atoms with van der Waals surface area (Å²) < 4.78 is 0. The average molecular weight is 431 g/mol. The normalized spacial score (nSPS) is 16.0. The van der Waals surface area contributed by atoms with Gasteiger partial charge in [-0.15, -0.1) is 11.8 Å². The van der Waals surface area contributed by atoms with Crippen molar-refractivity contribution in [1.82, 2.24) is 4.90 Å². The van der Waals surface area contributed by atoms with Gasteiger partial charge in [-0.1, -0.05) is 72.8 Å². The fourth-order valence-electron chi connectivity index (χ4n) is 4.34. The molecule has 1 amide bonds. The van der Waals surface area contributed by atoms with Gasteiger partial charge in [-0.2, -0.15) is 0 Å². The van der Waals surface area contributed by atoms with Crippen LogP contribution in [0.15, 0.2) is 84.9 Å².